The van der Waals surface area contributed by atoms with Gasteiger partial charge in [-0.3, -0.25) is 4.98 Å². The molecule has 0 aliphatic carbocycles. The first-order valence-electron chi connectivity index (χ1n) is 8.44. The van der Waals surface area contributed by atoms with E-state index in [1.165, 1.54) is 4.31 Å². The summed E-state index contributed by atoms with van der Waals surface area (Å²) in [6, 6.07) is 15.0. The van der Waals surface area contributed by atoms with E-state index in [0.29, 0.717) is 18.8 Å². The van der Waals surface area contributed by atoms with Gasteiger partial charge in [0.15, 0.2) is 0 Å². The highest BCUT2D eigenvalue weighted by Crippen LogP contribution is 2.16. The van der Waals surface area contributed by atoms with Crippen LogP contribution in [0.4, 0.5) is 0 Å². The van der Waals surface area contributed by atoms with Gasteiger partial charge < -0.3 is 4.74 Å². The largest absolute Gasteiger partial charge is 0.377 e. The summed E-state index contributed by atoms with van der Waals surface area (Å²) >= 11 is 0. The lowest BCUT2D eigenvalue weighted by Crippen LogP contribution is -2.43. The third-order valence-electron chi connectivity index (χ3n) is 4.14. The Morgan fingerprint density at radius 3 is 2.64 bits per heavy atom. The van der Waals surface area contributed by atoms with Crippen LogP contribution in [0.1, 0.15) is 24.1 Å². The minimum absolute atomic E-state index is 0.0583. The minimum Gasteiger partial charge on any atom is -0.377 e. The second-order valence-electron chi connectivity index (χ2n) is 6.06. The Hall–Kier alpha value is -1.80. The quantitative estimate of drug-likeness (QED) is 0.782. The molecule has 7 heteroatoms. The van der Waals surface area contributed by atoms with E-state index in [1.807, 2.05) is 48.5 Å². The van der Waals surface area contributed by atoms with Gasteiger partial charge in [-0.05, 0) is 30.5 Å². The summed E-state index contributed by atoms with van der Waals surface area (Å²) < 4.78 is 35.4. The standard InChI is InChI=1S/C18H23N3O3S/c22-25(23,20-13-16-7-2-1-3-8-16)21(15-18-10-6-12-24-18)14-17-9-4-5-11-19-17/h1-5,7-9,11,18,20H,6,10,12-15H2. The van der Waals surface area contributed by atoms with Crippen molar-refractivity contribution >= 4 is 10.2 Å². The van der Waals surface area contributed by atoms with Crippen LogP contribution in [0.3, 0.4) is 0 Å². The molecule has 134 valence electrons. The molecule has 0 bridgehead atoms. The first-order chi connectivity index (χ1) is 12.1. The highest BCUT2D eigenvalue weighted by molar-refractivity contribution is 7.87. The summed E-state index contributed by atoms with van der Waals surface area (Å²) in [5.74, 6) is 0. The first-order valence-corrected chi connectivity index (χ1v) is 9.88. The molecular formula is C18H23N3O3S. The van der Waals surface area contributed by atoms with Crippen molar-refractivity contribution in [1.82, 2.24) is 14.0 Å². The highest BCUT2D eigenvalue weighted by Gasteiger charge is 2.27. The first kappa shape index (κ1) is 18.0. The van der Waals surface area contributed by atoms with E-state index < -0.39 is 10.2 Å². The molecule has 0 spiro atoms. The molecule has 6 nitrogen and oxygen atoms in total. The van der Waals surface area contributed by atoms with Gasteiger partial charge in [0.05, 0.1) is 18.3 Å². The van der Waals surface area contributed by atoms with E-state index >= 15 is 0 Å². The number of aromatic nitrogens is 1. The zero-order valence-corrected chi connectivity index (χ0v) is 14.9. The van der Waals surface area contributed by atoms with E-state index in [2.05, 4.69) is 9.71 Å². The average molecular weight is 361 g/mol. The molecule has 1 fully saturated rings. The van der Waals surface area contributed by atoms with Crippen LogP contribution < -0.4 is 4.72 Å². The Bertz CT molecular complexity index is 748. The zero-order valence-electron chi connectivity index (χ0n) is 14.0. The van der Waals surface area contributed by atoms with Gasteiger partial charge in [0.25, 0.3) is 10.2 Å². The van der Waals surface area contributed by atoms with Crippen molar-refractivity contribution in [2.75, 3.05) is 13.2 Å². The molecule has 1 aromatic carbocycles. The zero-order chi connectivity index (χ0) is 17.5. The number of benzene rings is 1. The summed E-state index contributed by atoms with van der Waals surface area (Å²) in [5, 5.41) is 0. The molecule has 3 rings (SSSR count). The molecule has 1 aromatic heterocycles. The van der Waals surface area contributed by atoms with E-state index in [4.69, 9.17) is 4.74 Å². The van der Waals surface area contributed by atoms with Gasteiger partial charge in [-0.15, -0.1) is 0 Å². The molecule has 1 aliphatic rings. The predicted octanol–water partition coefficient (Wildman–Crippen LogP) is 2.10. The average Bonchev–Trinajstić information content (AvgIpc) is 3.15. The van der Waals surface area contributed by atoms with Crippen LogP contribution in [0.15, 0.2) is 54.7 Å². The van der Waals surface area contributed by atoms with Crippen LogP contribution in [0.25, 0.3) is 0 Å². The van der Waals surface area contributed by atoms with Gasteiger partial charge in [-0.2, -0.15) is 17.4 Å². The fourth-order valence-corrected chi connectivity index (χ4v) is 3.99. The van der Waals surface area contributed by atoms with E-state index in [0.717, 1.165) is 18.4 Å². The molecular weight excluding hydrogens is 338 g/mol. The molecule has 2 aromatic rings. The van der Waals surface area contributed by atoms with Crippen molar-refractivity contribution in [3.8, 4) is 0 Å². The number of hydrogen-bond donors (Lipinski definition) is 1. The second kappa shape index (κ2) is 8.53. The maximum atomic E-state index is 12.8. The monoisotopic (exact) mass is 361 g/mol. The molecule has 0 radical (unpaired) electrons. The van der Waals surface area contributed by atoms with Gasteiger partial charge in [0.1, 0.15) is 0 Å². The Morgan fingerprint density at radius 2 is 1.96 bits per heavy atom. The summed E-state index contributed by atoms with van der Waals surface area (Å²) in [6.45, 7) is 1.51. The smallest absolute Gasteiger partial charge is 0.280 e. The SMILES string of the molecule is O=S(=O)(NCc1ccccc1)N(Cc1ccccn1)CC1CCCO1. The Kier molecular flexibility index (Phi) is 6.14. The van der Waals surface area contributed by atoms with E-state index in [1.54, 1.807) is 6.20 Å². The summed E-state index contributed by atoms with van der Waals surface area (Å²) in [5.41, 5.74) is 1.63. The normalized spacial score (nSPS) is 17.9. The molecule has 1 aliphatic heterocycles. The van der Waals surface area contributed by atoms with Gasteiger partial charge in [-0.1, -0.05) is 36.4 Å². The van der Waals surface area contributed by atoms with Crippen molar-refractivity contribution in [2.24, 2.45) is 0 Å². The minimum atomic E-state index is -3.64. The molecule has 1 N–H and O–H groups in total. The maximum absolute atomic E-state index is 12.8. The predicted molar refractivity (Wildman–Crippen MR) is 95.8 cm³/mol. The van der Waals surface area contributed by atoms with Crippen LogP contribution in [0.5, 0.6) is 0 Å². The molecule has 1 atom stereocenters. The maximum Gasteiger partial charge on any atom is 0.280 e. The van der Waals surface area contributed by atoms with Crippen molar-refractivity contribution < 1.29 is 13.2 Å². The summed E-state index contributed by atoms with van der Waals surface area (Å²) in [4.78, 5) is 4.25. The Balaban J connectivity index is 1.71. The summed E-state index contributed by atoms with van der Waals surface area (Å²) in [7, 11) is -3.64. The van der Waals surface area contributed by atoms with Crippen molar-refractivity contribution in [1.29, 1.82) is 0 Å². The summed E-state index contributed by atoms with van der Waals surface area (Å²) in [6.07, 6.45) is 3.47. The molecule has 1 unspecified atom stereocenters. The fourth-order valence-electron chi connectivity index (χ4n) is 2.80. The highest BCUT2D eigenvalue weighted by atomic mass is 32.2. The fraction of sp³-hybridized carbons (Fsp3) is 0.389. The van der Waals surface area contributed by atoms with Crippen LogP contribution in [0.2, 0.25) is 0 Å². The molecule has 25 heavy (non-hydrogen) atoms. The number of nitrogens with zero attached hydrogens (tertiary/aromatic N) is 2. The third kappa shape index (κ3) is 5.34. The third-order valence-corrected chi connectivity index (χ3v) is 5.60. The number of pyridine rings is 1. The Labute approximate surface area is 149 Å². The van der Waals surface area contributed by atoms with E-state index in [-0.39, 0.29) is 19.2 Å². The molecule has 1 saturated heterocycles. The van der Waals surface area contributed by atoms with Gasteiger partial charge >= 0.3 is 0 Å². The van der Waals surface area contributed by atoms with Crippen LogP contribution in [-0.2, 0) is 28.0 Å². The molecule has 0 saturated carbocycles. The molecule has 0 amide bonds. The topological polar surface area (TPSA) is 71.5 Å². The van der Waals surface area contributed by atoms with Gasteiger partial charge in [-0.25, -0.2) is 0 Å². The van der Waals surface area contributed by atoms with Gasteiger partial charge in [0, 0.05) is 25.9 Å². The Morgan fingerprint density at radius 1 is 1.16 bits per heavy atom. The lowest BCUT2D eigenvalue weighted by Gasteiger charge is -2.24. The number of rotatable bonds is 8. The second-order valence-corrected chi connectivity index (χ2v) is 7.82. The van der Waals surface area contributed by atoms with Crippen molar-refractivity contribution in [2.45, 2.75) is 32.0 Å². The van der Waals surface area contributed by atoms with Crippen molar-refractivity contribution in [3.05, 3.63) is 66.0 Å². The van der Waals surface area contributed by atoms with Gasteiger partial charge in [0.2, 0.25) is 0 Å². The number of ether oxygens (including phenoxy) is 1. The number of nitrogens with one attached hydrogen (secondary N) is 1. The van der Waals surface area contributed by atoms with Crippen LogP contribution in [-0.4, -0.2) is 37.0 Å². The van der Waals surface area contributed by atoms with Crippen molar-refractivity contribution in [3.63, 3.8) is 0 Å². The van der Waals surface area contributed by atoms with Crippen LogP contribution >= 0.6 is 0 Å². The lowest BCUT2D eigenvalue weighted by molar-refractivity contribution is 0.0920. The van der Waals surface area contributed by atoms with Crippen LogP contribution in [0, 0.1) is 0 Å². The number of hydrogen-bond acceptors (Lipinski definition) is 4. The van der Waals surface area contributed by atoms with E-state index in [9.17, 15) is 8.42 Å². The lowest BCUT2D eigenvalue weighted by atomic mass is 10.2. The molecule has 2 heterocycles.